The maximum Gasteiger partial charge on any atom is 0.308 e. The molecule has 0 fully saturated rings. The van der Waals surface area contributed by atoms with Crippen LogP contribution in [0.25, 0.3) is 11.1 Å². The first-order valence-electron chi connectivity index (χ1n) is 6.84. The number of hydrogen-bond acceptors (Lipinski definition) is 4. The molecule has 2 aromatic rings. The molecular formula is C18H16O4. The van der Waals surface area contributed by atoms with Gasteiger partial charge in [0.05, 0.1) is 5.56 Å². The molecular weight excluding hydrogens is 280 g/mol. The summed E-state index contributed by atoms with van der Waals surface area (Å²) >= 11 is 0. The van der Waals surface area contributed by atoms with Crippen LogP contribution in [0.1, 0.15) is 41.5 Å². The van der Waals surface area contributed by atoms with Crippen LogP contribution in [-0.2, 0) is 4.79 Å². The molecule has 112 valence electrons. The first-order chi connectivity index (χ1) is 10.4. The molecule has 0 aromatic heterocycles. The first-order valence-corrected chi connectivity index (χ1v) is 6.84. The zero-order chi connectivity index (χ0) is 16.3. The second-order valence-electron chi connectivity index (χ2n) is 4.93. The van der Waals surface area contributed by atoms with E-state index in [-0.39, 0.29) is 28.4 Å². The van der Waals surface area contributed by atoms with Crippen molar-refractivity contribution in [1.29, 1.82) is 0 Å². The highest BCUT2D eigenvalue weighted by atomic mass is 16.5. The Kier molecular flexibility index (Phi) is 4.51. The number of ether oxygens (including phenoxy) is 1. The molecule has 0 aliphatic carbocycles. The van der Waals surface area contributed by atoms with Crippen molar-refractivity contribution in [2.24, 2.45) is 0 Å². The van der Waals surface area contributed by atoms with Crippen molar-refractivity contribution in [1.82, 2.24) is 0 Å². The molecule has 0 spiro atoms. The number of carbonyl (C=O) groups excluding carboxylic acids is 3. The van der Waals surface area contributed by atoms with E-state index >= 15 is 0 Å². The van der Waals surface area contributed by atoms with E-state index < -0.39 is 5.97 Å². The van der Waals surface area contributed by atoms with Crippen LogP contribution in [0, 0.1) is 0 Å². The molecule has 0 saturated heterocycles. The number of Topliss-reactive ketones (excluding diaryl/α,β-unsaturated/α-hetero) is 2. The fourth-order valence-electron chi connectivity index (χ4n) is 2.40. The van der Waals surface area contributed by atoms with Gasteiger partial charge >= 0.3 is 5.97 Å². The van der Waals surface area contributed by atoms with Gasteiger partial charge in [-0.3, -0.25) is 14.4 Å². The number of esters is 1. The van der Waals surface area contributed by atoms with Gasteiger partial charge in [-0.25, -0.2) is 0 Å². The molecule has 0 saturated carbocycles. The number of ketones is 2. The van der Waals surface area contributed by atoms with E-state index in [2.05, 4.69) is 0 Å². The van der Waals surface area contributed by atoms with Gasteiger partial charge in [-0.2, -0.15) is 0 Å². The van der Waals surface area contributed by atoms with Gasteiger partial charge in [-0.15, -0.1) is 0 Å². The Morgan fingerprint density at radius 3 is 1.86 bits per heavy atom. The van der Waals surface area contributed by atoms with Gasteiger partial charge in [-0.1, -0.05) is 30.3 Å². The lowest BCUT2D eigenvalue weighted by Crippen LogP contribution is -2.12. The fraction of sp³-hybridized carbons (Fsp3) is 0.167. The molecule has 4 nitrogen and oxygen atoms in total. The van der Waals surface area contributed by atoms with E-state index in [0.717, 1.165) is 5.56 Å². The first kappa shape index (κ1) is 15.6. The highest BCUT2D eigenvalue weighted by Gasteiger charge is 2.22. The molecule has 0 atom stereocenters. The summed E-state index contributed by atoms with van der Waals surface area (Å²) < 4.78 is 5.08. The minimum atomic E-state index is -0.538. The zero-order valence-corrected chi connectivity index (χ0v) is 12.7. The van der Waals surface area contributed by atoms with Crippen molar-refractivity contribution in [3.8, 4) is 16.9 Å². The van der Waals surface area contributed by atoms with Crippen LogP contribution >= 0.6 is 0 Å². The number of rotatable bonds is 4. The highest BCUT2D eigenvalue weighted by Crippen LogP contribution is 2.33. The average molecular weight is 296 g/mol. The minimum Gasteiger partial charge on any atom is -0.426 e. The molecule has 0 unspecified atom stereocenters. The van der Waals surface area contributed by atoms with Crippen LogP contribution in [0.5, 0.6) is 5.75 Å². The number of benzene rings is 2. The molecule has 0 aliphatic heterocycles. The van der Waals surface area contributed by atoms with E-state index in [4.69, 9.17) is 4.74 Å². The molecule has 0 heterocycles. The van der Waals surface area contributed by atoms with Crippen molar-refractivity contribution in [3.63, 3.8) is 0 Å². The van der Waals surface area contributed by atoms with Crippen LogP contribution < -0.4 is 4.74 Å². The highest BCUT2D eigenvalue weighted by molar-refractivity contribution is 6.13. The Morgan fingerprint density at radius 1 is 0.773 bits per heavy atom. The quantitative estimate of drug-likeness (QED) is 0.490. The number of hydrogen-bond donors (Lipinski definition) is 0. The van der Waals surface area contributed by atoms with Gasteiger partial charge in [0.15, 0.2) is 11.6 Å². The predicted octanol–water partition coefficient (Wildman–Crippen LogP) is 3.68. The van der Waals surface area contributed by atoms with E-state index in [1.807, 2.05) is 30.3 Å². The van der Waals surface area contributed by atoms with Gasteiger partial charge in [0, 0.05) is 12.5 Å². The van der Waals surface area contributed by atoms with Crippen molar-refractivity contribution in [2.75, 3.05) is 0 Å². The summed E-state index contributed by atoms with van der Waals surface area (Å²) in [6.45, 7) is 4.00. The molecule has 4 heteroatoms. The van der Waals surface area contributed by atoms with Crippen molar-refractivity contribution in [3.05, 3.63) is 53.6 Å². The Balaban J connectivity index is 2.77. The lowest BCUT2D eigenvalue weighted by molar-refractivity contribution is -0.131. The third-order valence-electron chi connectivity index (χ3n) is 3.21. The summed E-state index contributed by atoms with van der Waals surface area (Å²) in [7, 11) is 0. The summed E-state index contributed by atoms with van der Waals surface area (Å²) in [5.74, 6) is -0.994. The number of carbonyl (C=O) groups is 3. The molecule has 0 bridgehead atoms. The van der Waals surface area contributed by atoms with Gasteiger partial charge in [0.25, 0.3) is 0 Å². The third-order valence-corrected chi connectivity index (χ3v) is 3.21. The van der Waals surface area contributed by atoms with E-state index in [1.165, 1.54) is 20.8 Å². The van der Waals surface area contributed by atoms with Crippen molar-refractivity contribution < 1.29 is 19.1 Å². The summed E-state index contributed by atoms with van der Waals surface area (Å²) in [6.07, 6.45) is 0. The zero-order valence-electron chi connectivity index (χ0n) is 12.7. The average Bonchev–Trinajstić information content (AvgIpc) is 2.46. The van der Waals surface area contributed by atoms with Gasteiger partial charge in [0.1, 0.15) is 5.75 Å². The Hall–Kier alpha value is -2.75. The standard InChI is InChI=1S/C18H16O4/c1-11(19)17-15(14-7-5-4-6-8-14)9-10-16(22-13(3)21)18(17)12(2)20/h4-10H,1-3H3. The fourth-order valence-corrected chi connectivity index (χ4v) is 2.40. The van der Waals surface area contributed by atoms with Crippen LogP contribution in [0.4, 0.5) is 0 Å². The van der Waals surface area contributed by atoms with Gasteiger partial charge in [0.2, 0.25) is 0 Å². The summed E-state index contributed by atoms with van der Waals surface area (Å²) in [5.41, 5.74) is 1.89. The third kappa shape index (κ3) is 3.11. The van der Waals surface area contributed by atoms with Crippen LogP contribution in [-0.4, -0.2) is 17.5 Å². The summed E-state index contributed by atoms with van der Waals surface area (Å²) in [6, 6.07) is 12.5. The molecule has 22 heavy (non-hydrogen) atoms. The lowest BCUT2D eigenvalue weighted by atomic mass is 9.91. The Labute approximate surface area is 128 Å². The lowest BCUT2D eigenvalue weighted by Gasteiger charge is -2.15. The smallest absolute Gasteiger partial charge is 0.308 e. The molecule has 0 N–H and O–H groups in total. The largest absolute Gasteiger partial charge is 0.426 e. The van der Waals surface area contributed by atoms with Gasteiger partial charge < -0.3 is 4.74 Å². The van der Waals surface area contributed by atoms with E-state index in [1.54, 1.807) is 12.1 Å². The predicted molar refractivity (Wildman–Crippen MR) is 83.2 cm³/mol. The summed E-state index contributed by atoms with van der Waals surface area (Å²) in [4.78, 5) is 35.3. The van der Waals surface area contributed by atoms with Crippen molar-refractivity contribution >= 4 is 17.5 Å². The SMILES string of the molecule is CC(=O)Oc1ccc(-c2ccccc2)c(C(C)=O)c1C(C)=O. The van der Waals surface area contributed by atoms with E-state index in [9.17, 15) is 14.4 Å². The molecule has 2 aromatic carbocycles. The topological polar surface area (TPSA) is 60.4 Å². The Morgan fingerprint density at radius 2 is 1.36 bits per heavy atom. The molecule has 0 amide bonds. The minimum absolute atomic E-state index is 0.116. The maximum absolute atomic E-state index is 12.1. The second-order valence-corrected chi connectivity index (χ2v) is 4.93. The molecule has 0 radical (unpaired) electrons. The monoisotopic (exact) mass is 296 g/mol. The van der Waals surface area contributed by atoms with Crippen molar-refractivity contribution in [2.45, 2.75) is 20.8 Å². The summed E-state index contributed by atoms with van der Waals surface area (Å²) in [5, 5.41) is 0. The Bertz CT molecular complexity index is 745. The molecule has 2 rings (SSSR count). The maximum atomic E-state index is 12.1. The van der Waals surface area contributed by atoms with Gasteiger partial charge in [-0.05, 0) is 37.1 Å². The molecule has 0 aliphatic rings. The normalized spacial score (nSPS) is 10.1. The van der Waals surface area contributed by atoms with Crippen LogP contribution in [0.3, 0.4) is 0 Å². The van der Waals surface area contributed by atoms with Crippen LogP contribution in [0.2, 0.25) is 0 Å². The second kappa shape index (κ2) is 6.35. The van der Waals surface area contributed by atoms with Crippen LogP contribution in [0.15, 0.2) is 42.5 Å². The van der Waals surface area contributed by atoms with E-state index in [0.29, 0.717) is 5.56 Å².